The third-order valence-electron chi connectivity index (χ3n) is 4.56. The van der Waals surface area contributed by atoms with Crippen molar-refractivity contribution in [2.75, 3.05) is 26.2 Å². The highest BCUT2D eigenvalue weighted by atomic mass is 16.2. The van der Waals surface area contributed by atoms with E-state index in [1.807, 2.05) is 23.2 Å². The summed E-state index contributed by atoms with van der Waals surface area (Å²) in [4.78, 5) is 20.9. The lowest BCUT2D eigenvalue weighted by atomic mass is 10.1. The van der Waals surface area contributed by atoms with E-state index >= 15 is 0 Å². The van der Waals surface area contributed by atoms with Gasteiger partial charge in [0.05, 0.1) is 0 Å². The van der Waals surface area contributed by atoms with Gasteiger partial charge in [-0.1, -0.05) is 35.9 Å². The first-order chi connectivity index (χ1) is 11.7. The van der Waals surface area contributed by atoms with Crippen molar-refractivity contribution >= 4 is 5.91 Å². The number of carbonyl (C=O) groups is 1. The van der Waals surface area contributed by atoms with Crippen molar-refractivity contribution in [2.45, 2.75) is 26.3 Å². The normalized spacial score (nSPS) is 15.5. The molecule has 1 aromatic heterocycles. The molecule has 0 atom stereocenters. The van der Waals surface area contributed by atoms with Crippen LogP contribution in [0.25, 0.3) is 0 Å². The summed E-state index contributed by atoms with van der Waals surface area (Å²) in [5, 5.41) is 0. The van der Waals surface area contributed by atoms with Crippen LogP contribution in [-0.2, 0) is 17.8 Å². The maximum absolute atomic E-state index is 12.4. The molecule has 126 valence electrons. The van der Waals surface area contributed by atoms with Crippen molar-refractivity contribution in [1.82, 2.24) is 14.8 Å². The minimum atomic E-state index is 0.258. The minimum absolute atomic E-state index is 0.258. The van der Waals surface area contributed by atoms with Gasteiger partial charge in [0, 0.05) is 51.5 Å². The molecule has 2 aromatic rings. The number of nitrogens with zero attached hydrogens (tertiary/aromatic N) is 3. The zero-order chi connectivity index (χ0) is 16.8. The van der Waals surface area contributed by atoms with E-state index in [0.29, 0.717) is 6.42 Å². The Kier molecular flexibility index (Phi) is 5.59. The Bertz CT molecular complexity index is 664. The molecule has 1 saturated heterocycles. The van der Waals surface area contributed by atoms with E-state index in [2.05, 4.69) is 41.1 Å². The Labute approximate surface area is 144 Å². The van der Waals surface area contributed by atoms with Crippen LogP contribution in [0.5, 0.6) is 0 Å². The molecule has 1 aliphatic rings. The summed E-state index contributed by atoms with van der Waals surface area (Å²) in [5.74, 6) is 0.258. The summed E-state index contributed by atoms with van der Waals surface area (Å²) in [7, 11) is 0. The Morgan fingerprint density at radius 2 is 1.88 bits per heavy atom. The van der Waals surface area contributed by atoms with Crippen LogP contribution in [0, 0.1) is 6.92 Å². The lowest BCUT2D eigenvalue weighted by molar-refractivity contribution is -0.133. The lowest BCUT2D eigenvalue weighted by Gasteiger charge is -2.35. The second-order valence-corrected chi connectivity index (χ2v) is 6.51. The number of aryl methyl sites for hydroxylation is 2. The predicted molar refractivity (Wildman–Crippen MR) is 95.6 cm³/mol. The first-order valence-electron chi connectivity index (χ1n) is 8.65. The second-order valence-electron chi connectivity index (χ2n) is 6.51. The number of hydrogen-bond donors (Lipinski definition) is 0. The van der Waals surface area contributed by atoms with E-state index in [1.54, 1.807) is 6.20 Å². The molecule has 1 amide bonds. The molecule has 0 radical (unpaired) electrons. The van der Waals surface area contributed by atoms with Crippen molar-refractivity contribution in [3.63, 3.8) is 0 Å². The standard InChI is InChI=1S/C20H25N3O/c1-17-4-2-5-19(14-17)16-22-10-12-23(13-11-22)20(24)8-7-18-6-3-9-21-15-18/h2-6,9,14-15H,7-8,10-13,16H2,1H3. The van der Waals surface area contributed by atoms with Crippen molar-refractivity contribution in [3.8, 4) is 0 Å². The SMILES string of the molecule is Cc1cccc(CN2CCN(C(=O)CCc3cccnc3)CC2)c1. The molecule has 0 spiro atoms. The van der Waals surface area contributed by atoms with Gasteiger partial charge in [0.25, 0.3) is 0 Å². The molecule has 3 rings (SSSR count). The van der Waals surface area contributed by atoms with Crippen LogP contribution >= 0.6 is 0 Å². The number of aromatic nitrogens is 1. The Hall–Kier alpha value is -2.20. The van der Waals surface area contributed by atoms with E-state index < -0.39 is 0 Å². The van der Waals surface area contributed by atoms with Crippen molar-refractivity contribution < 1.29 is 4.79 Å². The largest absolute Gasteiger partial charge is 0.340 e. The van der Waals surface area contributed by atoms with Gasteiger partial charge in [0.15, 0.2) is 0 Å². The Morgan fingerprint density at radius 3 is 2.58 bits per heavy atom. The highest BCUT2D eigenvalue weighted by Crippen LogP contribution is 2.12. The highest BCUT2D eigenvalue weighted by molar-refractivity contribution is 5.76. The zero-order valence-corrected chi connectivity index (χ0v) is 14.3. The minimum Gasteiger partial charge on any atom is -0.340 e. The predicted octanol–water partition coefficient (Wildman–Crippen LogP) is 2.67. The molecule has 1 aromatic carbocycles. The molecular formula is C20H25N3O. The van der Waals surface area contributed by atoms with E-state index in [9.17, 15) is 4.79 Å². The van der Waals surface area contributed by atoms with Crippen LogP contribution in [0.3, 0.4) is 0 Å². The molecule has 1 aliphatic heterocycles. The molecule has 0 saturated carbocycles. The fourth-order valence-corrected chi connectivity index (χ4v) is 3.18. The van der Waals surface area contributed by atoms with Gasteiger partial charge in [-0.25, -0.2) is 0 Å². The summed E-state index contributed by atoms with van der Waals surface area (Å²) >= 11 is 0. The highest BCUT2D eigenvalue weighted by Gasteiger charge is 2.20. The Balaban J connectivity index is 1.43. The first kappa shape index (κ1) is 16.7. The number of benzene rings is 1. The van der Waals surface area contributed by atoms with Gasteiger partial charge in [-0.05, 0) is 30.5 Å². The Morgan fingerprint density at radius 1 is 1.08 bits per heavy atom. The number of pyridine rings is 1. The molecule has 0 N–H and O–H groups in total. The van der Waals surface area contributed by atoms with Gasteiger partial charge in [0.2, 0.25) is 5.91 Å². The fourth-order valence-electron chi connectivity index (χ4n) is 3.18. The van der Waals surface area contributed by atoms with Gasteiger partial charge in [-0.2, -0.15) is 0 Å². The molecule has 0 aliphatic carbocycles. The summed E-state index contributed by atoms with van der Waals surface area (Å²) in [6.07, 6.45) is 4.95. The molecule has 4 heteroatoms. The molecule has 4 nitrogen and oxygen atoms in total. The number of piperazine rings is 1. The van der Waals surface area contributed by atoms with Crippen LogP contribution in [0.1, 0.15) is 23.1 Å². The smallest absolute Gasteiger partial charge is 0.222 e. The quantitative estimate of drug-likeness (QED) is 0.849. The summed E-state index contributed by atoms with van der Waals surface area (Å²) in [5.41, 5.74) is 3.78. The maximum atomic E-state index is 12.4. The van der Waals surface area contributed by atoms with Crippen LogP contribution < -0.4 is 0 Å². The fraction of sp³-hybridized carbons (Fsp3) is 0.400. The zero-order valence-electron chi connectivity index (χ0n) is 14.3. The van der Waals surface area contributed by atoms with E-state index in [-0.39, 0.29) is 5.91 Å². The number of hydrogen-bond acceptors (Lipinski definition) is 3. The van der Waals surface area contributed by atoms with Gasteiger partial charge in [0.1, 0.15) is 0 Å². The topological polar surface area (TPSA) is 36.4 Å². The average molecular weight is 323 g/mol. The number of carbonyl (C=O) groups excluding carboxylic acids is 1. The van der Waals surface area contributed by atoms with E-state index in [0.717, 1.165) is 44.7 Å². The van der Waals surface area contributed by atoms with Crippen LogP contribution in [0.15, 0.2) is 48.8 Å². The van der Waals surface area contributed by atoms with Gasteiger partial charge < -0.3 is 4.90 Å². The maximum Gasteiger partial charge on any atom is 0.222 e. The van der Waals surface area contributed by atoms with Crippen molar-refractivity contribution in [2.24, 2.45) is 0 Å². The van der Waals surface area contributed by atoms with Gasteiger partial charge in [-0.15, -0.1) is 0 Å². The summed E-state index contributed by atoms with van der Waals surface area (Å²) < 4.78 is 0. The van der Waals surface area contributed by atoms with Gasteiger partial charge >= 0.3 is 0 Å². The molecule has 2 heterocycles. The van der Waals surface area contributed by atoms with Gasteiger partial charge in [-0.3, -0.25) is 14.7 Å². The molecule has 24 heavy (non-hydrogen) atoms. The van der Waals surface area contributed by atoms with Crippen LogP contribution in [0.4, 0.5) is 0 Å². The molecule has 0 bridgehead atoms. The number of amides is 1. The average Bonchev–Trinajstić information content (AvgIpc) is 2.61. The monoisotopic (exact) mass is 323 g/mol. The van der Waals surface area contributed by atoms with E-state index in [4.69, 9.17) is 0 Å². The van der Waals surface area contributed by atoms with Crippen LogP contribution in [-0.4, -0.2) is 46.9 Å². The number of rotatable bonds is 5. The molecular weight excluding hydrogens is 298 g/mol. The van der Waals surface area contributed by atoms with Crippen LogP contribution in [0.2, 0.25) is 0 Å². The van der Waals surface area contributed by atoms with Crippen molar-refractivity contribution in [3.05, 3.63) is 65.5 Å². The lowest BCUT2D eigenvalue weighted by Crippen LogP contribution is -2.48. The molecule has 1 fully saturated rings. The second kappa shape index (κ2) is 8.06. The summed E-state index contributed by atoms with van der Waals surface area (Å²) in [6, 6.07) is 12.6. The van der Waals surface area contributed by atoms with E-state index in [1.165, 1.54) is 11.1 Å². The third kappa shape index (κ3) is 4.65. The molecule has 0 unspecified atom stereocenters. The summed E-state index contributed by atoms with van der Waals surface area (Å²) in [6.45, 7) is 6.66. The van der Waals surface area contributed by atoms with Crippen molar-refractivity contribution in [1.29, 1.82) is 0 Å². The first-order valence-corrected chi connectivity index (χ1v) is 8.65. The third-order valence-corrected chi connectivity index (χ3v) is 4.56.